The summed E-state index contributed by atoms with van der Waals surface area (Å²) in [6.07, 6.45) is 1.69. The third-order valence-corrected chi connectivity index (χ3v) is 6.42. The maximum Gasteiger partial charge on any atom is 0.205 e. The molecule has 0 saturated carbocycles. The minimum Gasteiger partial charge on any atom is -0.346 e. The van der Waals surface area contributed by atoms with Crippen molar-refractivity contribution in [3.63, 3.8) is 0 Å². The van der Waals surface area contributed by atoms with Gasteiger partial charge in [-0.15, -0.1) is 6.58 Å². The number of alkyl halides is 2. The summed E-state index contributed by atoms with van der Waals surface area (Å²) in [5.74, 6) is 0. The second-order valence-corrected chi connectivity index (χ2v) is 8.58. The van der Waals surface area contributed by atoms with Crippen LogP contribution >= 0.6 is 79.6 Å². The highest BCUT2D eigenvalue weighted by atomic mass is 79.9. The van der Waals surface area contributed by atoms with Gasteiger partial charge in [0, 0.05) is 19.0 Å². The van der Waals surface area contributed by atoms with E-state index in [4.69, 9.17) is 4.74 Å². The quantitative estimate of drug-likeness (QED) is 0.255. The molecule has 0 spiro atoms. The molecule has 0 unspecified atom stereocenters. The van der Waals surface area contributed by atoms with Crippen molar-refractivity contribution in [2.24, 2.45) is 0 Å². The largest absolute Gasteiger partial charge is 0.346 e. The molecule has 0 radical (unpaired) electrons. The standard InChI is InChI=1S/C10H7Br5O/c1-2-5-16-10(14,15)6-3-4-7(11)9(13)8(6)12/h2-4H,1,5H2. The molecule has 0 aliphatic carbocycles. The smallest absolute Gasteiger partial charge is 0.205 e. The molecule has 0 bridgehead atoms. The van der Waals surface area contributed by atoms with Crippen LogP contribution in [0.5, 0.6) is 0 Å². The first-order chi connectivity index (χ1) is 7.40. The molecule has 0 aromatic heterocycles. The maximum atomic E-state index is 5.59. The second-order valence-electron chi connectivity index (χ2n) is 2.84. The number of hydrogen-bond acceptors (Lipinski definition) is 1. The van der Waals surface area contributed by atoms with E-state index in [9.17, 15) is 0 Å². The lowest BCUT2D eigenvalue weighted by atomic mass is 10.2. The van der Waals surface area contributed by atoms with Gasteiger partial charge in [-0.3, -0.25) is 0 Å². The van der Waals surface area contributed by atoms with Crippen LogP contribution in [-0.4, -0.2) is 6.61 Å². The SMILES string of the molecule is C=CCOC(Br)(Br)c1ccc(Br)c(Br)c1Br. The van der Waals surface area contributed by atoms with E-state index in [2.05, 4.69) is 86.2 Å². The molecule has 0 amide bonds. The van der Waals surface area contributed by atoms with Crippen LogP contribution in [-0.2, 0) is 8.16 Å². The van der Waals surface area contributed by atoms with Crippen LogP contribution in [0.3, 0.4) is 0 Å². The van der Waals surface area contributed by atoms with Crippen molar-refractivity contribution in [2.75, 3.05) is 6.61 Å². The van der Waals surface area contributed by atoms with Gasteiger partial charge in [-0.1, -0.05) is 12.1 Å². The molecule has 0 aliphatic heterocycles. The van der Waals surface area contributed by atoms with Gasteiger partial charge in [0.25, 0.3) is 0 Å². The van der Waals surface area contributed by atoms with E-state index >= 15 is 0 Å². The zero-order chi connectivity index (χ0) is 12.3. The van der Waals surface area contributed by atoms with Crippen LogP contribution in [0, 0.1) is 0 Å². The molecule has 16 heavy (non-hydrogen) atoms. The first kappa shape index (κ1) is 15.4. The van der Waals surface area contributed by atoms with Crippen molar-refractivity contribution in [1.82, 2.24) is 0 Å². The summed E-state index contributed by atoms with van der Waals surface area (Å²) in [7, 11) is 0. The summed E-state index contributed by atoms with van der Waals surface area (Å²) >= 11 is 17.4. The molecule has 0 fully saturated rings. The highest BCUT2D eigenvalue weighted by Gasteiger charge is 2.29. The Labute approximate surface area is 137 Å². The van der Waals surface area contributed by atoms with Gasteiger partial charge in [-0.05, 0) is 85.7 Å². The van der Waals surface area contributed by atoms with Gasteiger partial charge < -0.3 is 4.74 Å². The van der Waals surface area contributed by atoms with Gasteiger partial charge in [-0.25, -0.2) is 0 Å². The Hall–Kier alpha value is 1.32. The van der Waals surface area contributed by atoms with Crippen LogP contribution in [0.2, 0.25) is 0 Å². The third-order valence-electron chi connectivity index (χ3n) is 1.73. The summed E-state index contributed by atoms with van der Waals surface area (Å²) in [4.78, 5) is 0. The summed E-state index contributed by atoms with van der Waals surface area (Å²) in [5, 5.41) is 0. The van der Waals surface area contributed by atoms with Gasteiger partial charge in [0.05, 0.1) is 6.61 Å². The number of ether oxygens (including phenoxy) is 1. The summed E-state index contributed by atoms with van der Waals surface area (Å²) in [6, 6.07) is 3.89. The van der Waals surface area contributed by atoms with Crippen molar-refractivity contribution >= 4 is 79.6 Å². The van der Waals surface area contributed by atoms with Gasteiger partial charge in [0.1, 0.15) is 0 Å². The molecular formula is C10H7Br5O. The van der Waals surface area contributed by atoms with Gasteiger partial charge in [0.15, 0.2) is 0 Å². The molecule has 1 rings (SSSR count). The summed E-state index contributed by atoms with van der Waals surface area (Å²) in [6.45, 7) is 4.06. The molecule has 1 aromatic rings. The third kappa shape index (κ3) is 3.65. The van der Waals surface area contributed by atoms with Crippen LogP contribution in [0.15, 0.2) is 38.2 Å². The fourth-order valence-corrected chi connectivity index (χ4v) is 4.02. The maximum absolute atomic E-state index is 5.59. The molecule has 0 atom stereocenters. The number of rotatable bonds is 4. The number of halogens is 5. The molecule has 6 heteroatoms. The van der Waals surface area contributed by atoms with Gasteiger partial charge in [0.2, 0.25) is 3.42 Å². The predicted octanol–water partition coefficient (Wildman–Crippen LogP) is 6.08. The first-order valence-corrected chi connectivity index (χ1v) is 8.13. The topological polar surface area (TPSA) is 9.23 Å². The van der Waals surface area contributed by atoms with Crippen LogP contribution in [0.25, 0.3) is 0 Å². The van der Waals surface area contributed by atoms with E-state index in [0.29, 0.717) is 6.61 Å². The van der Waals surface area contributed by atoms with Crippen molar-refractivity contribution in [2.45, 2.75) is 3.42 Å². The fraction of sp³-hybridized carbons (Fsp3) is 0.200. The Morgan fingerprint density at radius 3 is 2.38 bits per heavy atom. The number of benzene rings is 1. The van der Waals surface area contributed by atoms with Gasteiger partial charge in [-0.2, -0.15) is 0 Å². The Bertz CT molecular complexity index is 402. The fourth-order valence-electron chi connectivity index (χ4n) is 0.992. The first-order valence-electron chi connectivity index (χ1n) is 4.16. The minimum atomic E-state index is -0.726. The van der Waals surface area contributed by atoms with Crippen LogP contribution < -0.4 is 0 Å². The van der Waals surface area contributed by atoms with E-state index in [1.54, 1.807) is 6.08 Å². The molecule has 88 valence electrons. The van der Waals surface area contributed by atoms with Crippen LogP contribution in [0.1, 0.15) is 5.56 Å². The van der Waals surface area contributed by atoms with E-state index in [1.165, 1.54) is 0 Å². The molecule has 0 heterocycles. The monoisotopic (exact) mass is 538 g/mol. The predicted molar refractivity (Wildman–Crippen MR) is 85.2 cm³/mol. The molecule has 1 aromatic carbocycles. The zero-order valence-corrected chi connectivity index (χ0v) is 15.9. The van der Waals surface area contributed by atoms with E-state index in [-0.39, 0.29) is 0 Å². The van der Waals surface area contributed by atoms with E-state index in [1.807, 2.05) is 12.1 Å². The van der Waals surface area contributed by atoms with Crippen molar-refractivity contribution in [3.05, 3.63) is 43.8 Å². The average Bonchev–Trinajstić information content (AvgIpc) is 2.23. The summed E-state index contributed by atoms with van der Waals surface area (Å²) < 4.78 is 7.69. The van der Waals surface area contributed by atoms with Crippen molar-refractivity contribution in [1.29, 1.82) is 0 Å². The summed E-state index contributed by atoms with van der Waals surface area (Å²) in [5.41, 5.74) is 0.935. The molecule has 0 saturated heterocycles. The Morgan fingerprint density at radius 2 is 1.81 bits per heavy atom. The highest BCUT2D eigenvalue weighted by Crippen LogP contribution is 2.46. The van der Waals surface area contributed by atoms with E-state index in [0.717, 1.165) is 19.0 Å². The Kier molecular flexibility index (Phi) is 6.22. The van der Waals surface area contributed by atoms with Crippen LogP contribution in [0.4, 0.5) is 0 Å². The molecular weight excluding hydrogens is 536 g/mol. The average molecular weight is 543 g/mol. The lowest BCUT2D eigenvalue weighted by Gasteiger charge is -2.23. The zero-order valence-electron chi connectivity index (χ0n) is 7.94. The van der Waals surface area contributed by atoms with E-state index < -0.39 is 3.42 Å². The number of hydrogen-bond donors (Lipinski definition) is 0. The normalized spacial score (nSPS) is 11.6. The van der Waals surface area contributed by atoms with Crippen molar-refractivity contribution < 1.29 is 4.74 Å². The highest BCUT2D eigenvalue weighted by molar-refractivity contribution is 9.24. The molecule has 0 N–H and O–H groups in total. The Morgan fingerprint density at radius 1 is 1.19 bits per heavy atom. The second kappa shape index (κ2) is 6.48. The lowest BCUT2D eigenvalue weighted by molar-refractivity contribution is 0.124. The lowest BCUT2D eigenvalue weighted by Crippen LogP contribution is -2.15. The van der Waals surface area contributed by atoms with Gasteiger partial charge >= 0.3 is 0 Å². The van der Waals surface area contributed by atoms with Crippen molar-refractivity contribution in [3.8, 4) is 0 Å². The Balaban J connectivity index is 3.12. The minimum absolute atomic E-state index is 0.441. The molecule has 1 nitrogen and oxygen atoms in total. The molecule has 0 aliphatic rings.